The lowest BCUT2D eigenvalue weighted by Gasteiger charge is -2.27. The maximum atomic E-state index is 14.2. The van der Waals surface area contributed by atoms with Crippen molar-refractivity contribution >= 4 is 5.70 Å². The monoisotopic (exact) mass is 457 g/mol. The van der Waals surface area contributed by atoms with Crippen LogP contribution in [-0.2, 0) is 0 Å². The second kappa shape index (κ2) is 11.1. The van der Waals surface area contributed by atoms with E-state index < -0.39 is 5.83 Å². The van der Waals surface area contributed by atoms with Crippen LogP contribution in [0.1, 0.15) is 19.5 Å². The zero-order valence-corrected chi connectivity index (χ0v) is 20.1. The molecule has 0 aromatic carbocycles. The fourth-order valence-electron chi connectivity index (χ4n) is 3.05. The van der Waals surface area contributed by atoms with E-state index in [1.54, 1.807) is 17.0 Å². The first-order chi connectivity index (χ1) is 16.0. The van der Waals surface area contributed by atoms with Crippen LogP contribution in [0.4, 0.5) is 4.39 Å². The second-order valence-corrected chi connectivity index (χ2v) is 8.16. The van der Waals surface area contributed by atoms with E-state index in [1.807, 2.05) is 44.9 Å². The molecule has 1 aliphatic carbocycles. The van der Waals surface area contributed by atoms with Crippen LogP contribution >= 0.6 is 0 Å². The first-order valence-electron chi connectivity index (χ1n) is 10.7. The molecule has 1 atom stereocenters. The van der Waals surface area contributed by atoms with Gasteiger partial charge in [-0.25, -0.2) is 4.68 Å². The number of hydrogen-bond donors (Lipinski definition) is 3. The Bertz CT molecular complexity index is 1220. The molecule has 0 aliphatic heterocycles. The predicted molar refractivity (Wildman–Crippen MR) is 140 cm³/mol. The Morgan fingerprint density at radius 3 is 2.53 bits per heavy atom. The van der Waals surface area contributed by atoms with Gasteiger partial charge >= 0.3 is 0 Å². The van der Waals surface area contributed by atoms with Crippen molar-refractivity contribution < 1.29 is 4.39 Å². The fraction of sp³-hybridized carbons (Fsp3) is 0.179. The Balaban J connectivity index is 2.04. The molecule has 2 rings (SSSR count). The summed E-state index contributed by atoms with van der Waals surface area (Å²) in [5, 5.41) is 10.5. The van der Waals surface area contributed by atoms with Crippen molar-refractivity contribution in [3.63, 3.8) is 0 Å². The summed E-state index contributed by atoms with van der Waals surface area (Å²) < 4.78 is 16.0. The van der Waals surface area contributed by atoms with E-state index in [1.165, 1.54) is 0 Å². The number of nitrogens with zero attached hydrogens (tertiary/aromatic N) is 2. The molecule has 0 bridgehead atoms. The minimum absolute atomic E-state index is 0.0239. The van der Waals surface area contributed by atoms with Gasteiger partial charge in [0, 0.05) is 35.3 Å². The molecule has 0 saturated heterocycles. The van der Waals surface area contributed by atoms with Crippen LogP contribution in [0.5, 0.6) is 0 Å². The average Bonchev–Trinajstić information content (AvgIpc) is 3.24. The minimum Gasteiger partial charge on any atom is -0.397 e. The lowest BCUT2D eigenvalue weighted by Crippen LogP contribution is -2.28. The molecule has 176 valence electrons. The first kappa shape index (κ1) is 26.0. The summed E-state index contributed by atoms with van der Waals surface area (Å²) in [5.41, 5.74) is 12.3. The van der Waals surface area contributed by atoms with Gasteiger partial charge in [-0.05, 0) is 55.1 Å². The number of nitrogens with two attached hydrogens (primary N) is 1. The minimum atomic E-state index is -0.730. The molecular formula is C28H32FN5. The topological polar surface area (TPSA) is 67.9 Å². The first-order valence-corrected chi connectivity index (χ1v) is 10.7. The highest BCUT2D eigenvalue weighted by Crippen LogP contribution is 2.33. The molecule has 6 heteroatoms. The van der Waals surface area contributed by atoms with Gasteiger partial charge in [-0.3, -0.25) is 0 Å². The van der Waals surface area contributed by atoms with Gasteiger partial charge in [0.1, 0.15) is 0 Å². The SMILES string of the molecule is C#C/C(F)=C(\C=CC(C)CNC(=C)C(=C)/C=C(/C(=C)C)n1nccc1C)NC1=C(N)C(=C)C1=C. The third kappa shape index (κ3) is 5.96. The second-order valence-electron chi connectivity index (χ2n) is 8.16. The van der Waals surface area contributed by atoms with Crippen LogP contribution in [0.2, 0.25) is 0 Å². The van der Waals surface area contributed by atoms with Gasteiger partial charge in [0.05, 0.1) is 22.8 Å². The molecule has 1 aliphatic rings. The number of rotatable bonds is 11. The molecule has 1 aromatic rings. The molecular weight excluding hydrogens is 425 g/mol. The van der Waals surface area contributed by atoms with Crippen molar-refractivity contribution in [2.45, 2.75) is 20.8 Å². The quantitative estimate of drug-likeness (QED) is 0.317. The normalized spacial score (nSPS) is 15.4. The molecule has 34 heavy (non-hydrogen) atoms. The van der Waals surface area contributed by atoms with E-state index in [4.69, 9.17) is 12.2 Å². The Hall–Kier alpha value is -4.24. The predicted octanol–water partition coefficient (Wildman–Crippen LogP) is 5.16. The van der Waals surface area contributed by atoms with Crippen LogP contribution in [0.25, 0.3) is 5.70 Å². The highest BCUT2D eigenvalue weighted by atomic mass is 19.1. The van der Waals surface area contributed by atoms with Crippen LogP contribution in [0, 0.1) is 25.2 Å². The fourth-order valence-corrected chi connectivity index (χ4v) is 3.05. The lowest BCUT2D eigenvalue weighted by molar-refractivity contribution is 0.646. The van der Waals surface area contributed by atoms with E-state index in [0.717, 1.165) is 17.0 Å². The molecule has 1 heterocycles. The Morgan fingerprint density at radius 2 is 2.00 bits per heavy atom. The van der Waals surface area contributed by atoms with Crippen molar-refractivity contribution in [1.29, 1.82) is 0 Å². The summed E-state index contributed by atoms with van der Waals surface area (Å²) in [6, 6.07) is 1.92. The number of aromatic nitrogens is 2. The average molecular weight is 458 g/mol. The van der Waals surface area contributed by atoms with E-state index in [9.17, 15) is 4.39 Å². The summed E-state index contributed by atoms with van der Waals surface area (Å²) in [6.45, 7) is 26.3. The standard InChI is InChI=1S/C28H32FN5/c1-10-24(29)25(33-28-22(8)21(7)27(28)30)12-11-18(4)16-31-23(9)19(5)15-26(17(2)3)34-20(6)13-14-32-34/h1,11-15,18,31,33H,2,5,7-9,16,30H2,3-4,6H3/b12-11?,25-24-,26-15-. The number of terminal acetylenes is 1. The molecule has 0 radical (unpaired) electrons. The van der Waals surface area contributed by atoms with Gasteiger partial charge in [0.25, 0.3) is 0 Å². The van der Waals surface area contributed by atoms with Gasteiger partial charge in [-0.2, -0.15) is 9.49 Å². The molecule has 4 N–H and O–H groups in total. The molecule has 0 fully saturated rings. The van der Waals surface area contributed by atoms with Gasteiger partial charge < -0.3 is 16.4 Å². The van der Waals surface area contributed by atoms with Crippen molar-refractivity contribution in [3.05, 3.63) is 120 Å². The van der Waals surface area contributed by atoms with Crippen LogP contribution in [0.15, 0.2) is 114 Å². The highest BCUT2D eigenvalue weighted by molar-refractivity contribution is 5.67. The molecule has 0 amide bonds. The van der Waals surface area contributed by atoms with Crippen LogP contribution in [0.3, 0.4) is 0 Å². The highest BCUT2D eigenvalue weighted by Gasteiger charge is 2.24. The third-order valence-electron chi connectivity index (χ3n) is 5.31. The van der Waals surface area contributed by atoms with Crippen molar-refractivity contribution in [3.8, 4) is 12.3 Å². The van der Waals surface area contributed by atoms with Gasteiger partial charge in [-0.15, -0.1) is 6.42 Å². The Kier molecular flexibility index (Phi) is 8.46. The third-order valence-corrected chi connectivity index (χ3v) is 5.31. The number of nitrogens with one attached hydrogen (secondary N) is 2. The largest absolute Gasteiger partial charge is 0.397 e. The van der Waals surface area contributed by atoms with E-state index in [-0.39, 0.29) is 11.6 Å². The number of halogens is 1. The summed E-state index contributed by atoms with van der Waals surface area (Å²) in [4.78, 5) is 0. The van der Waals surface area contributed by atoms with Crippen LogP contribution < -0.4 is 16.4 Å². The molecule has 1 aromatic heterocycles. The van der Waals surface area contributed by atoms with Crippen LogP contribution in [-0.4, -0.2) is 16.3 Å². The summed E-state index contributed by atoms with van der Waals surface area (Å²) in [5.74, 6) is 1.31. The zero-order valence-electron chi connectivity index (χ0n) is 20.1. The summed E-state index contributed by atoms with van der Waals surface area (Å²) in [6.07, 6.45) is 12.3. The summed E-state index contributed by atoms with van der Waals surface area (Å²) >= 11 is 0. The number of aryl methyl sites for hydroxylation is 1. The zero-order chi connectivity index (χ0) is 25.6. The Morgan fingerprint density at radius 1 is 1.32 bits per heavy atom. The lowest BCUT2D eigenvalue weighted by atomic mass is 9.90. The van der Waals surface area contributed by atoms with E-state index in [0.29, 0.717) is 40.4 Å². The van der Waals surface area contributed by atoms with Gasteiger partial charge in [0.2, 0.25) is 0 Å². The van der Waals surface area contributed by atoms with Crippen molar-refractivity contribution in [2.24, 2.45) is 11.7 Å². The number of allylic oxidation sites excluding steroid dienone is 7. The maximum absolute atomic E-state index is 14.2. The van der Waals surface area contributed by atoms with Crippen molar-refractivity contribution in [2.75, 3.05) is 6.54 Å². The smallest absolute Gasteiger partial charge is 0.196 e. The summed E-state index contributed by atoms with van der Waals surface area (Å²) in [7, 11) is 0. The molecule has 0 spiro atoms. The van der Waals surface area contributed by atoms with Gasteiger partial charge in [-0.1, -0.05) is 45.9 Å². The van der Waals surface area contributed by atoms with E-state index >= 15 is 0 Å². The number of hydrogen-bond acceptors (Lipinski definition) is 4. The van der Waals surface area contributed by atoms with Gasteiger partial charge in [0.15, 0.2) is 5.83 Å². The van der Waals surface area contributed by atoms with E-state index in [2.05, 4.69) is 48.6 Å². The Labute approximate surface area is 202 Å². The molecule has 5 nitrogen and oxygen atoms in total. The molecule has 0 saturated carbocycles. The molecule has 1 unspecified atom stereocenters. The maximum Gasteiger partial charge on any atom is 0.196 e. The van der Waals surface area contributed by atoms with Crippen molar-refractivity contribution in [1.82, 2.24) is 20.4 Å².